The van der Waals surface area contributed by atoms with Crippen LogP contribution in [0.2, 0.25) is 0 Å². The van der Waals surface area contributed by atoms with E-state index in [1.165, 1.54) is 0 Å². The highest BCUT2D eigenvalue weighted by molar-refractivity contribution is 5.82. The van der Waals surface area contributed by atoms with Crippen LogP contribution in [0.1, 0.15) is 18.6 Å². The van der Waals surface area contributed by atoms with Crippen molar-refractivity contribution in [1.29, 1.82) is 0 Å². The van der Waals surface area contributed by atoms with E-state index in [9.17, 15) is 5.11 Å². The molecule has 2 nitrogen and oxygen atoms in total. The fourth-order valence-corrected chi connectivity index (χ4v) is 1.49. The molecule has 0 aliphatic carbocycles. The zero-order valence-electron chi connectivity index (χ0n) is 7.44. The van der Waals surface area contributed by atoms with Crippen LogP contribution >= 0.6 is 0 Å². The SMILES string of the molecule is C[C@H](O)c1cccc2ncccc12. The molecule has 1 N–H and O–H groups in total. The number of aliphatic hydroxyl groups excluding tert-OH is 1. The summed E-state index contributed by atoms with van der Waals surface area (Å²) < 4.78 is 0. The number of aromatic nitrogens is 1. The van der Waals surface area contributed by atoms with Crippen molar-refractivity contribution in [1.82, 2.24) is 4.98 Å². The highest BCUT2D eigenvalue weighted by Gasteiger charge is 2.04. The molecule has 1 heterocycles. The third-order valence-corrected chi connectivity index (χ3v) is 2.13. The number of nitrogens with zero attached hydrogens (tertiary/aromatic N) is 1. The van der Waals surface area contributed by atoms with E-state index < -0.39 is 6.10 Å². The van der Waals surface area contributed by atoms with Crippen molar-refractivity contribution in [3.63, 3.8) is 0 Å². The summed E-state index contributed by atoms with van der Waals surface area (Å²) in [5, 5.41) is 10.5. The monoisotopic (exact) mass is 173 g/mol. The van der Waals surface area contributed by atoms with E-state index in [0.29, 0.717) is 0 Å². The lowest BCUT2D eigenvalue weighted by atomic mass is 10.0. The van der Waals surface area contributed by atoms with Gasteiger partial charge in [0.2, 0.25) is 0 Å². The zero-order chi connectivity index (χ0) is 9.26. The van der Waals surface area contributed by atoms with Gasteiger partial charge in [0.1, 0.15) is 0 Å². The molecule has 1 aromatic carbocycles. The van der Waals surface area contributed by atoms with E-state index in [-0.39, 0.29) is 0 Å². The Hall–Kier alpha value is -1.41. The molecule has 0 aliphatic rings. The minimum atomic E-state index is -0.437. The fourth-order valence-electron chi connectivity index (χ4n) is 1.49. The molecule has 0 spiro atoms. The highest BCUT2D eigenvalue weighted by Crippen LogP contribution is 2.21. The van der Waals surface area contributed by atoms with Gasteiger partial charge in [-0.1, -0.05) is 18.2 Å². The maximum Gasteiger partial charge on any atom is 0.0768 e. The van der Waals surface area contributed by atoms with Crippen molar-refractivity contribution >= 4 is 10.9 Å². The molecule has 66 valence electrons. The molecule has 2 rings (SSSR count). The Labute approximate surface area is 76.9 Å². The second kappa shape index (κ2) is 3.15. The van der Waals surface area contributed by atoms with Gasteiger partial charge in [0.25, 0.3) is 0 Å². The number of fused-ring (bicyclic) bond motifs is 1. The lowest BCUT2D eigenvalue weighted by Crippen LogP contribution is -1.92. The Morgan fingerprint density at radius 2 is 2.08 bits per heavy atom. The molecular formula is C11H11NO. The first-order chi connectivity index (χ1) is 6.29. The summed E-state index contributed by atoms with van der Waals surface area (Å²) >= 11 is 0. The van der Waals surface area contributed by atoms with Crippen LogP contribution in [-0.4, -0.2) is 10.1 Å². The van der Waals surface area contributed by atoms with E-state index in [4.69, 9.17) is 0 Å². The van der Waals surface area contributed by atoms with Crippen molar-refractivity contribution in [2.24, 2.45) is 0 Å². The summed E-state index contributed by atoms with van der Waals surface area (Å²) in [6, 6.07) is 9.64. The summed E-state index contributed by atoms with van der Waals surface area (Å²) in [7, 11) is 0. The average Bonchev–Trinajstić information content (AvgIpc) is 2.17. The molecule has 0 saturated carbocycles. The summed E-state index contributed by atoms with van der Waals surface area (Å²) in [6.07, 6.45) is 1.32. The summed E-state index contributed by atoms with van der Waals surface area (Å²) in [5.74, 6) is 0. The summed E-state index contributed by atoms with van der Waals surface area (Å²) in [4.78, 5) is 4.21. The number of benzene rings is 1. The number of rotatable bonds is 1. The first-order valence-electron chi connectivity index (χ1n) is 4.31. The van der Waals surface area contributed by atoms with Gasteiger partial charge in [-0.25, -0.2) is 0 Å². The van der Waals surface area contributed by atoms with Crippen molar-refractivity contribution in [2.45, 2.75) is 13.0 Å². The molecule has 2 heteroatoms. The number of pyridine rings is 1. The normalized spacial score (nSPS) is 13.1. The maximum absolute atomic E-state index is 9.49. The molecule has 13 heavy (non-hydrogen) atoms. The van der Waals surface area contributed by atoms with Gasteiger partial charge in [0.15, 0.2) is 0 Å². The van der Waals surface area contributed by atoms with Gasteiger partial charge in [-0.15, -0.1) is 0 Å². The smallest absolute Gasteiger partial charge is 0.0768 e. The second-order valence-corrected chi connectivity index (χ2v) is 3.09. The average molecular weight is 173 g/mol. The summed E-state index contributed by atoms with van der Waals surface area (Å²) in [6.45, 7) is 1.77. The Balaban J connectivity index is 2.76. The predicted molar refractivity (Wildman–Crippen MR) is 52.4 cm³/mol. The maximum atomic E-state index is 9.49. The van der Waals surface area contributed by atoms with Crippen LogP contribution in [0, 0.1) is 0 Å². The minimum Gasteiger partial charge on any atom is -0.389 e. The molecule has 1 atom stereocenters. The quantitative estimate of drug-likeness (QED) is 0.717. The van der Waals surface area contributed by atoms with Crippen LogP contribution in [0.25, 0.3) is 10.9 Å². The van der Waals surface area contributed by atoms with Crippen molar-refractivity contribution < 1.29 is 5.11 Å². The van der Waals surface area contributed by atoms with Crippen molar-refractivity contribution in [3.8, 4) is 0 Å². The summed E-state index contributed by atoms with van der Waals surface area (Å²) in [5.41, 5.74) is 1.87. The van der Waals surface area contributed by atoms with Gasteiger partial charge in [0.05, 0.1) is 11.6 Å². The molecule has 0 radical (unpaired) electrons. The first kappa shape index (κ1) is 8.20. The lowest BCUT2D eigenvalue weighted by Gasteiger charge is -2.07. The highest BCUT2D eigenvalue weighted by atomic mass is 16.3. The standard InChI is InChI=1S/C11H11NO/c1-8(13)9-4-2-6-11-10(9)5-3-7-12-11/h2-8,13H,1H3/t8-/m0/s1. The van der Waals surface area contributed by atoms with Crippen LogP contribution in [0.15, 0.2) is 36.5 Å². The third kappa shape index (κ3) is 1.40. The Morgan fingerprint density at radius 1 is 1.23 bits per heavy atom. The molecule has 0 fully saturated rings. The van der Waals surface area contributed by atoms with E-state index in [0.717, 1.165) is 16.5 Å². The Bertz CT molecular complexity index is 418. The van der Waals surface area contributed by atoms with Gasteiger partial charge in [-0.05, 0) is 24.6 Å². The van der Waals surface area contributed by atoms with Crippen molar-refractivity contribution in [3.05, 3.63) is 42.1 Å². The fraction of sp³-hybridized carbons (Fsp3) is 0.182. The largest absolute Gasteiger partial charge is 0.389 e. The molecular weight excluding hydrogens is 162 g/mol. The molecule has 0 saturated heterocycles. The van der Waals surface area contributed by atoms with E-state index in [2.05, 4.69) is 4.98 Å². The van der Waals surface area contributed by atoms with E-state index >= 15 is 0 Å². The predicted octanol–water partition coefficient (Wildman–Crippen LogP) is 2.29. The number of hydrogen-bond donors (Lipinski definition) is 1. The van der Waals surface area contributed by atoms with Crippen LogP contribution in [0.4, 0.5) is 0 Å². The lowest BCUT2D eigenvalue weighted by molar-refractivity contribution is 0.201. The minimum absolute atomic E-state index is 0.437. The topological polar surface area (TPSA) is 33.1 Å². The van der Waals surface area contributed by atoms with Gasteiger partial charge in [0, 0.05) is 11.6 Å². The van der Waals surface area contributed by atoms with Gasteiger partial charge >= 0.3 is 0 Å². The Morgan fingerprint density at radius 3 is 2.85 bits per heavy atom. The number of hydrogen-bond acceptors (Lipinski definition) is 2. The van der Waals surface area contributed by atoms with Gasteiger partial charge < -0.3 is 5.11 Å². The van der Waals surface area contributed by atoms with Crippen LogP contribution < -0.4 is 0 Å². The Kier molecular flexibility index (Phi) is 1.99. The van der Waals surface area contributed by atoms with Crippen LogP contribution in [0.3, 0.4) is 0 Å². The molecule has 2 aromatic rings. The van der Waals surface area contributed by atoms with E-state index in [1.54, 1.807) is 13.1 Å². The molecule has 0 bridgehead atoms. The van der Waals surface area contributed by atoms with Crippen LogP contribution in [-0.2, 0) is 0 Å². The van der Waals surface area contributed by atoms with E-state index in [1.807, 2.05) is 30.3 Å². The first-order valence-corrected chi connectivity index (χ1v) is 4.31. The molecule has 0 aliphatic heterocycles. The third-order valence-electron chi connectivity index (χ3n) is 2.13. The van der Waals surface area contributed by atoms with Crippen LogP contribution in [0.5, 0.6) is 0 Å². The second-order valence-electron chi connectivity index (χ2n) is 3.09. The molecule has 1 aromatic heterocycles. The van der Waals surface area contributed by atoms with Gasteiger partial charge in [-0.3, -0.25) is 4.98 Å². The van der Waals surface area contributed by atoms with Crippen molar-refractivity contribution in [2.75, 3.05) is 0 Å². The number of aliphatic hydroxyl groups is 1. The zero-order valence-corrected chi connectivity index (χ0v) is 7.44. The molecule has 0 unspecified atom stereocenters. The van der Waals surface area contributed by atoms with Gasteiger partial charge in [-0.2, -0.15) is 0 Å². The molecule has 0 amide bonds.